The Morgan fingerprint density at radius 3 is 1.97 bits per heavy atom. The first-order chi connectivity index (χ1) is 14.3. The molecule has 3 heteroatoms. The molecule has 31 heavy (non-hydrogen) atoms. The third-order valence-electron chi connectivity index (χ3n) is 6.49. The molecule has 1 unspecified atom stereocenters. The molecule has 0 aromatic heterocycles. The summed E-state index contributed by atoms with van der Waals surface area (Å²) in [4.78, 5) is 0. The first-order valence-electron chi connectivity index (χ1n) is 11.5. The van der Waals surface area contributed by atoms with Gasteiger partial charge in [-0.05, 0) is 0 Å². The average molecular weight is 536 g/mol. The predicted octanol–water partition coefficient (Wildman–Crippen LogP) is 9.81. The van der Waals surface area contributed by atoms with Crippen LogP contribution in [0.15, 0.2) is 35.9 Å². The van der Waals surface area contributed by atoms with Gasteiger partial charge in [0.2, 0.25) is 0 Å². The Kier molecular flexibility index (Phi) is 7.73. The normalized spacial score (nSPS) is 16.3. The molecule has 0 amide bonds. The van der Waals surface area contributed by atoms with Crippen molar-refractivity contribution in [3.63, 3.8) is 0 Å². The number of hydrogen-bond acceptors (Lipinski definition) is 0. The van der Waals surface area contributed by atoms with Crippen molar-refractivity contribution in [3.8, 4) is 11.1 Å². The zero-order valence-electron chi connectivity index (χ0n) is 20.4. The molecule has 0 saturated carbocycles. The van der Waals surface area contributed by atoms with E-state index in [2.05, 4.69) is 91.8 Å². The van der Waals surface area contributed by atoms with E-state index in [9.17, 15) is 0 Å². The monoisotopic (exact) mass is 533 g/mol. The fourth-order valence-corrected chi connectivity index (χ4v) is 9.99. The summed E-state index contributed by atoms with van der Waals surface area (Å²) in [5.74, 6) is 0. The maximum absolute atomic E-state index is 6.71. The van der Waals surface area contributed by atoms with Gasteiger partial charge in [0.15, 0.2) is 0 Å². The Labute approximate surface area is 205 Å². The summed E-state index contributed by atoms with van der Waals surface area (Å²) in [6, 6.07) is 11.8. The van der Waals surface area contributed by atoms with E-state index >= 15 is 0 Å². The quantitative estimate of drug-likeness (QED) is 0.357. The van der Waals surface area contributed by atoms with E-state index in [1.165, 1.54) is 57.4 Å². The zero-order chi connectivity index (χ0) is 23.1. The molecule has 0 N–H and O–H groups in total. The Balaban J connectivity index is 2.27. The van der Waals surface area contributed by atoms with Crippen molar-refractivity contribution >= 4 is 23.1 Å². The number of halogens is 2. The van der Waals surface area contributed by atoms with E-state index in [1.807, 2.05) is 0 Å². The summed E-state index contributed by atoms with van der Waals surface area (Å²) in [7, 11) is 13.4. The van der Waals surface area contributed by atoms with Crippen molar-refractivity contribution in [2.24, 2.45) is 0 Å². The van der Waals surface area contributed by atoms with Gasteiger partial charge in [0.05, 0.1) is 0 Å². The van der Waals surface area contributed by atoms with E-state index in [-0.39, 0.29) is 10.8 Å². The molecule has 0 saturated heterocycles. The van der Waals surface area contributed by atoms with Gasteiger partial charge in [-0.3, -0.25) is 0 Å². The van der Waals surface area contributed by atoms with Crippen molar-refractivity contribution in [2.75, 3.05) is 0 Å². The molecule has 1 aliphatic carbocycles. The van der Waals surface area contributed by atoms with Gasteiger partial charge in [-0.1, -0.05) is 0 Å². The van der Waals surface area contributed by atoms with Crippen LogP contribution in [0.25, 0.3) is 17.2 Å². The zero-order valence-corrected chi connectivity index (χ0v) is 24.4. The molecule has 0 heterocycles. The van der Waals surface area contributed by atoms with Crippen LogP contribution in [-0.4, -0.2) is 0 Å². The number of aryl methyl sites for hydroxylation is 1. The molecule has 1 aliphatic rings. The Hall–Kier alpha value is -0.357. The average Bonchev–Trinajstić information content (AvgIpc) is 3.02. The first kappa shape index (κ1) is 25.3. The van der Waals surface area contributed by atoms with Crippen LogP contribution in [0.2, 0.25) is 0 Å². The van der Waals surface area contributed by atoms with E-state index < -0.39 is 19.4 Å². The van der Waals surface area contributed by atoms with Crippen LogP contribution in [0.5, 0.6) is 0 Å². The Morgan fingerprint density at radius 2 is 1.48 bits per heavy atom. The van der Waals surface area contributed by atoms with E-state index in [1.54, 1.807) is 0 Å². The van der Waals surface area contributed by atoms with Gasteiger partial charge in [0, 0.05) is 0 Å². The second-order valence-electron chi connectivity index (χ2n) is 11.1. The number of benzene rings is 2. The van der Waals surface area contributed by atoms with Crippen LogP contribution in [0.4, 0.5) is 0 Å². The summed E-state index contributed by atoms with van der Waals surface area (Å²) in [5.41, 5.74) is 11.2. The first-order valence-corrected chi connectivity index (χ1v) is 19.3. The fourth-order valence-electron chi connectivity index (χ4n) is 4.50. The second kappa shape index (κ2) is 9.48. The maximum atomic E-state index is 6.71. The van der Waals surface area contributed by atoms with E-state index in [4.69, 9.17) is 17.0 Å². The molecular weight excluding hydrogens is 498 g/mol. The van der Waals surface area contributed by atoms with Gasteiger partial charge in [0.1, 0.15) is 0 Å². The van der Waals surface area contributed by atoms with Gasteiger partial charge < -0.3 is 0 Å². The molecule has 0 aliphatic heterocycles. The molecule has 0 fully saturated rings. The van der Waals surface area contributed by atoms with Gasteiger partial charge in [-0.2, -0.15) is 0 Å². The standard InChI is InChI=1S/C28H37.2ClH.Zr/c1-9-10-11-20-14-21-13-12-19(2)26(25(21)15-20)22-16-23(27(3,4)5)18-24(17-22)28(6,7)8;;;/h12-18H,9-11H2,1-8H3;2*1H;/q;;;+2/p-2. The van der Waals surface area contributed by atoms with Crippen LogP contribution >= 0.6 is 17.0 Å². The molecule has 2 aromatic carbocycles. The van der Waals surface area contributed by atoms with Crippen molar-refractivity contribution in [1.29, 1.82) is 0 Å². The third-order valence-corrected chi connectivity index (χ3v) is 11.8. The summed E-state index contributed by atoms with van der Waals surface area (Å²) in [5, 5.41) is 0. The topological polar surface area (TPSA) is 0 Å². The Bertz CT molecular complexity index is 955. The summed E-state index contributed by atoms with van der Waals surface area (Å²) in [6.07, 6.45) is 5.93. The van der Waals surface area contributed by atoms with Gasteiger partial charge >= 0.3 is 206 Å². The van der Waals surface area contributed by atoms with E-state index in [0.29, 0.717) is 3.63 Å². The number of hydrogen-bond donors (Lipinski definition) is 0. The number of rotatable bonds is 5. The predicted molar refractivity (Wildman–Crippen MR) is 136 cm³/mol. The molecule has 0 bridgehead atoms. The minimum absolute atomic E-state index is 0.0969. The molecule has 0 spiro atoms. The Morgan fingerprint density at radius 1 is 0.903 bits per heavy atom. The van der Waals surface area contributed by atoms with Crippen LogP contribution < -0.4 is 0 Å². The summed E-state index contributed by atoms with van der Waals surface area (Å²) < 4.78 is 0.291. The fraction of sp³-hybridized carbons (Fsp3) is 0.500. The van der Waals surface area contributed by atoms with Gasteiger partial charge in [0.25, 0.3) is 0 Å². The van der Waals surface area contributed by atoms with E-state index in [0.717, 1.165) is 6.42 Å². The molecule has 2 aromatic rings. The van der Waals surface area contributed by atoms with Crippen LogP contribution in [-0.2, 0) is 30.2 Å². The molecule has 0 nitrogen and oxygen atoms in total. The van der Waals surface area contributed by atoms with Gasteiger partial charge in [-0.15, -0.1) is 0 Å². The third kappa shape index (κ3) is 5.42. The number of unbranched alkanes of at least 4 members (excludes halogenated alkanes) is 1. The summed E-state index contributed by atoms with van der Waals surface area (Å²) in [6.45, 7) is 18.3. The van der Waals surface area contributed by atoms with Crippen molar-refractivity contribution < 1.29 is 19.4 Å². The van der Waals surface area contributed by atoms with Crippen LogP contribution in [0.1, 0.15) is 99.2 Å². The molecule has 0 radical (unpaired) electrons. The molecule has 167 valence electrons. The second-order valence-corrected chi connectivity index (χ2v) is 19.9. The van der Waals surface area contributed by atoms with Crippen molar-refractivity contribution in [2.45, 2.75) is 89.1 Å². The summed E-state index contributed by atoms with van der Waals surface area (Å²) >= 11 is -2.50. The number of fused-ring (bicyclic) bond motifs is 1. The van der Waals surface area contributed by atoms with Crippen molar-refractivity contribution in [3.05, 3.63) is 63.7 Å². The van der Waals surface area contributed by atoms with Gasteiger partial charge in [-0.25, -0.2) is 0 Å². The molecule has 3 rings (SSSR count). The minimum atomic E-state index is -2.50. The molecular formula is C28H37Cl2Zr. The van der Waals surface area contributed by atoms with Crippen molar-refractivity contribution in [1.82, 2.24) is 0 Å². The number of allylic oxidation sites excluding steroid dienone is 1. The molecule has 1 atom stereocenters. The SMILES string of the molecule is CCCCC1=Cc2c(ccc(C)c2-c2cc(C(C)(C)C)cc(C(C)(C)C)c2)[CH]1[Zr]([Cl])[Cl]. The van der Waals surface area contributed by atoms with Crippen LogP contribution in [0.3, 0.4) is 0 Å². The van der Waals surface area contributed by atoms with Crippen LogP contribution in [0, 0.1) is 6.92 Å².